The summed E-state index contributed by atoms with van der Waals surface area (Å²) in [5, 5.41) is 22.2. The zero-order valence-electron chi connectivity index (χ0n) is 7.67. The molecule has 1 unspecified atom stereocenters. The highest BCUT2D eigenvalue weighted by atomic mass is 17.2. The largest absolute Gasteiger partial charge is 0.600 e. The minimum Gasteiger partial charge on any atom is -0.600 e. The van der Waals surface area contributed by atoms with Crippen LogP contribution in [0.4, 0.5) is 0 Å². The molecule has 0 aliphatic rings. The number of aliphatic hydroxyl groups excluding tert-OH is 1. The topological polar surface area (TPSA) is 111 Å². The van der Waals surface area contributed by atoms with Crippen molar-refractivity contribution >= 4 is 11.9 Å². The molecule has 80 valence electrons. The molecule has 0 aromatic rings. The molecular formula is C6H10N2O6. The summed E-state index contributed by atoms with van der Waals surface area (Å²) in [6.07, 6.45) is -2.08. The van der Waals surface area contributed by atoms with Crippen molar-refractivity contribution in [2.24, 2.45) is 5.11 Å². The maximum absolute atomic E-state index is 10.7. The predicted octanol–water partition coefficient (Wildman–Crippen LogP) is -0.692. The van der Waals surface area contributed by atoms with Gasteiger partial charge in [-0.25, -0.2) is 19.4 Å². The Balaban J connectivity index is 3.83. The first-order valence-corrected chi connectivity index (χ1v) is 3.59. The Bertz CT molecular complexity index is 247. The highest BCUT2D eigenvalue weighted by Crippen LogP contribution is 1.97. The molecule has 0 fully saturated rings. The number of carbonyl (C=O) groups is 2. The van der Waals surface area contributed by atoms with Crippen LogP contribution in [0.1, 0.15) is 13.3 Å². The van der Waals surface area contributed by atoms with Crippen LogP contribution in [-0.2, 0) is 19.4 Å². The van der Waals surface area contributed by atoms with Gasteiger partial charge in [-0.2, -0.15) is 0 Å². The summed E-state index contributed by atoms with van der Waals surface area (Å²) in [4.78, 5) is 28.8. The maximum Gasteiger partial charge on any atom is 0.360 e. The van der Waals surface area contributed by atoms with Crippen molar-refractivity contribution in [3.05, 3.63) is 5.21 Å². The number of azo groups is 1. The quantitative estimate of drug-likeness (QED) is 0.283. The van der Waals surface area contributed by atoms with Crippen molar-refractivity contribution in [3.8, 4) is 0 Å². The lowest BCUT2D eigenvalue weighted by Gasteiger charge is -2.02. The van der Waals surface area contributed by atoms with E-state index in [1.807, 2.05) is 0 Å². The molecule has 0 rings (SSSR count). The first-order valence-electron chi connectivity index (χ1n) is 3.59. The number of hydrogen-bond acceptors (Lipinski definition) is 7. The molecule has 0 bridgehead atoms. The molecule has 1 atom stereocenters. The molecule has 0 aliphatic heterocycles. The van der Waals surface area contributed by atoms with Gasteiger partial charge in [-0.05, 0) is 5.11 Å². The van der Waals surface area contributed by atoms with Gasteiger partial charge in [-0.1, -0.05) is 4.86 Å². The average Bonchev–Trinajstić information content (AvgIpc) is 1.98. The lowest BCUT2D eigenvalue weighted by Crippen LogP contribution is -2.16. The standard InChI is InChI=1S/C6H10N2O6/c1-4(9)13-14-6(11)3-5(10)7-8(2)12/h5,10H,3H2,1-2H3/b8-7+. The number of aliphatic hydroxyl groups is 1. The fraction of sp³-hybridized carbons (Fsp3) is 0.667. The molecule has 0 radical (unpaired) electrons. The number of carbonyl (C=O) groups excluding carboxylic acids is 2. The Labute approximate surface area is 79.2 Å². The third-order valence-electron chi connectivity index (χ3n) is 0.897. The van der Waals surface area contributed by atoms with Crippen LogP contribution < -0.4 is 0 Å². The summed E-state index contributed by atoms with van der Waals surface area (Å²) < 4.78 is 0. The fourth-order valence-corrected chi connectivity index (χ4v) is 0.517. The van der Waals surface area contributed by atoms with Gasteiger partial charge in [0.05, 0.1) is 0 Å². The van der Waals surface area contributed by atoms with Gasteiger partial charge in [0, 0.05) is 6.92 Å². The predicted molar refractivity (Wildman–Crippen MR) is 40.5 cm³/mol. The van der Waals surface area contributed by atoms with Crippen molar-refractivity contribution in [2.45, 2.75) is 19.6 Å². The molecule has 8 nitrogen and oxygen atoms in total. The third-order valence-corrected chi connectivity index (χ3v) is 0.897. The Morgan fingerprint density at radius 1 is 1.57 bits per heavy atom. The normalized spacial score (nSPS) is 13.2. The zero-order chi connectivity index (χ0) is 11.1. The maximum atomic E-state index is 10.7. The molecule has 0 heterocycles. The molecule has 0 aromatic carbocycles. The van der Waals surface area contributed by atoms with Crippen molar-refractivity contribution in [2.75, 3.05) is 7.05 Å². The summed E-state index contributed by atoms with van der Waals surface area (Å²) in [6.45, 7) is 1.04. The second-order valence-electron chi connectivity index (χ2n) is 2.29. The molecule has 0 aliphatic carbocycles. The summed E-state index contributed by atoms with van der Waals surface area (Å²) in [6, 6.07) is 0. The molecule has 0 spiro atoms. The Morgan fingerprint density at radius 2 is 2.14 bits per heavy atom. The molecule has 0 saturated carbocycles. The summed E-state index contributed by atoms with van der Waals surface area (Å²) in [5.41, 5.74) is 0. The smallest absolute Gasteiger partial charge is 0.360 e. The third kappa shape index (κ3) is 6.98. The van der Waals surface area contributed by atoms with Gasteiger partial charge in [0.2, 0.25) is 6.23 Å². The van der Waals surface area contributed by atoms with Crippen LogP contribution in [0.2, 0.25) is 0 Å². The van der Waals surface area contributed by atoms with E-state index in [4.69, 9.17) is 5.11 Å². The van der Waals surface area contributed by atoms with Gasteiger partial charge < -0.3 is 10.3 Å². The van der Waals surface area contributed by atoms with E-state index < -0.39 is 24.6 Å². The van der Waals surface area contributed by atoms with Crippen molar-refractivity contribution in [1.82, 2.24) is 0 Å². The molecule has 0 saturated heterocycles. The van der Waals surface area contributed by atoms with Crippen LogP contribution in [0.3, 0.4) is 0 Å². The summed E-state index contributed by atoms with van der Waals surface area (Å²) in [7, 11) is 1.04. The van der Waals surface area contributed by atoms with E-state index in [1.54, 1.807) is 0 Å². The minimum atomic E-state index is -1.51. The number of nitrogens with zero attached hydrogens (tertiary/aromatic N) is 2. The first-order chi connectivity index (χ1) is 6.41. The van der Waals surface area contributed by atoms with E-state index in [0.717, 1.165) is 14.0 Å². The Morgan fingerprint density at radius 3 is 2.57 bits per heavy atom. The van der Waals surface area contributed by atoms with Crippen LogP contribution in [0.15, 0.2) is 5.11 Å². The minimum absolute atomic E-state index is 0.101. The van der Waals surface area contributed by atoms with Gasteiger partial charge >= 0.3 is 11.9 Å². The van der Waals surface area contributed by atoms with Crippen LogP contribution in [0, 0.1) is 5.21 Å². The van der Waals surface area contributed by atoms with E-state index in [0.29, 0.717) is 0 Å². The highest BCUT2D eigenvalue weighted by molar-refractivity contribution is 5.71. The Hall–Kier alpha value is -1.70. The SMILES string of the molecule is CC(=O)OOC(=O)CC(O)/N=[N+](\C)[O-]. The second kappa shape index (κ2) is 5.86. The number of hydrogen-bond donors (Lipinski definition) is 1. The van der Waals surface area contributed by atoms with Gasteiger partial charge in [-0.3, -0.25) is 0 Å². The van der Waals surface area contributed by atoms with Gasteiger partial charge in [0.1, 0.15) is 6.42 Å². The number of rotatable bonds is 3. The van der Waals surface area contributed by atoms with E-state index >= 15 is 0 Å². The molecule has 0 amide bonds. The second-order valence-corrected chi connectivity index (χ2v) is 2.29. The lowest BCUT2D eigenvalue weighted by molar-refractivity contribution is -0.507. The van der Waals surface area contributed by atoms with E-state index in [2.05, 4.69) is 14.9 Å². The van der Waals surface area contributed by atoms with Crippen LogP contribution in [0.5, 0.6) is 0 Å². The lowest BCUT2D eigenvalue weighted by atomic mass is 10.4. The Kier molecular flexibility index (Phi) is 5.15. The zero-order valence-corrected chi connectivity index (χ0v) is 7.67. The van der Waals surface area contributed by atoms with Crippen LogP contribution in [0.25, 0.3) is 0 Å². The molecule has 0 aromatic heterocycles. The molecule has 1 N–H and O–H groups in total. The van der Waals surface area contributed by atoms with Gasteiger partial charge in [-0.15, -0.1) is 0 Å². The number of hydroxylamine groups is 1. The summed E-state index contributed by atoms with van der Waals surface area (Å²) in [5.74, 6) is -1.80. The fourth-order valence-electron chi connectivity index (χ4n) is 0.517. The summed E-state index contributed by atoms with van der Waals surface area (Å²) >= 11 is 0. The molecular weight excluding hydrogens is 196 g/mol. The van der Waals surface area contributed by atoms with Crippen LogP contribution >= 0.6 is 0 Å². The van der Waals surface area contributed by atoms with E-state index in [-0.39, 0.29) is 4.86 Å². The van der Waals surface area contributed by atoms with Gasteiger partial charge in [0.25, 0.3) is 0 Å². The molecule has 8 heteroatoms. The highest BCUT2D eigenvalue weighted by Gasteiger charge is 2.15. The first kappa shape index (κ1) is 12.3. The van der Waals surface area contributed by atoms with Crippen LogP contribution in [-0.4, -0.2) is 35.2 Å². The van der Waals surface area contributed by atoms with Crippen molar-refractivity contribution in [1.29, 1.82) is 0 Å². The van der Waals surface area contributed by atoms with Crippen molar-refractivity contribution in [3.63, 3.8) is 0 Å². The monoisotopic (exact) mass is 206 g/mol. The van der Waals surface area contributed by atoms with Crippen molar-refractivity contribution < 1.29 is 29.3 Å². The molecule has 14 heavy (non-hydrogen) atoms. The van der Waals surface area contributed by atoms with E-state index in [1.165, 1.54) is 0 Å². The van der Waals surface area contributed by atoms with Gasteiger partial charge in [0.15, 0.2) is 7.05 Å². The average molecular weight is 206 g/mol. The van der Waals surface area contributed by atoms with E-state index in [9.17, 15) is 14.8 Å².